The predicted molar refractivity (Wildman–Crippen MR) is 133 cm³/mol. The second kappa shape index (κ2) is 10.6. The van der Waals surface area contributed by atoms with Gasteiger partial charge in [-0.1, -0.05) is 23.9 Å². The van der Waals surface area contributed by atoms with Crippen molar-refractivity contribution in [2.45, 2.75) is 51.8 Å². The Labute approximate surface area is 207 Å². The molecular weight excluding hydrogens is 472 g/mol. The number of nitrogens with one attached hydrogen (secondary N) is 1. The highest BCUT2D eigenvalue weighted by Crippen LogP contribution is 2.39. The summed E-state index contributed by atoms with van der Waals surface area (Å²) in [7, 11) is 1.85. The Hall–Kier alpha value is -2.85. The molecule has 34 heavy (non-hydrogen) atoms. The number of thioether (sulfide) groups is 1. The van der Waals surface area contributed by atoms with Crippen LogP contribution in [0.1, 0.15) is 51.1 Å². The second-order valence-corrected chi connectivity index (χ2v) is 10.2. The number of anilines is 1. The highest BCUT2D eigenvalue weighted by atomic mass is 32.2. The number of rotatable bonds is 9. The summed E-state index contributed by atoms with van der Waals surface area (Å²) >= 11 is 2.76. The van der Waals surface area contributed by atoms with Gasteiger partial charge in [-0.05, 0) is 62.8 Å². The number of benzene rings is 1. The Balaban J connectivity index is 1.37. The Kier molecular flexibility index (Phi) is 7.57. The van der Waals surface area contributed by atoms with Crippen molar-refractivity contribution < 1.29 is 19.1 Å². The van der Waals surface area contributed by atoms with E-state index in [2.05, 4.69) is 15.5 Å². The average Bonchev–Trinajstić information content (AvgIpc) is 3.48. The molecule has 1 aliphatic carbocycles. The topological polar surface area (TPSA) is 95.3 Å². The Morgan fingerprint density at radius 2 is 2.06 bits per heavy atom. The number of aromatic nitrogens is 3. The van der Waals surface area contributed by atoms with Crippen molar-refractivity contribution in [1.82, 2.24) is 14.8 Å². The van der Waals surface area contributed by atoms with Crippen LogP contribution in [0.15, 0.2) is 23.4 Å². The zero-order valence-corrected chi connectivity index (χ0v) is 21.4. The first kappa shape index (κ1) is 24.3. The lowest BCUT2D eigenvalue weighted by Gasteiger charge is -2.10. The minimum absolute atomic E-state index is 0.147. The van der Waals surface area contributed by atoms with Crippen molar-refractivity contribution >= 4 is 40.0 Å². The Morgan fingerprint density at radius 3 is 2.85 bits per heavy atom. The fraction of sp³-hybridized carbons (Fsp3) is 0.417. The van der Waals surface area contributed by atoms with E-state index >= 15 is 0 Å². The van der Waals surface area contributed by atoms with Gasteiger partial charge in [0.15, 0.2) is 11.0 Å². The number of hydrogen-bond donors (Lipinski definition) is 1. The molecule has 180 valence electrons. The lowest BCUT2D eigenvalue weighted by atomic mass is 10.1. The van der Waals surface area contributed by atoms with Crippen LogP contribution in [0.3, 0.4) is 0 Å². The molecule has 0 saturated carbocycles. The zero-order chi connectivity index (χ0) is 24.2. The summed E-state index contributed by atoms with van der Waals surface area (Å²) in [4.78, 5) is 26.3. The zero-order valence-electron chi connectivity index (χ0n) is 19.8. The molecule has 0 radical (unpaired) electrons. The number of carbonyl (C=O) groups excluding carboxylic acids is 2. The number of aryl methyl sites for hydroxylation is 3. The molecule has 0 bridgehead atoms. The first-order valence-corrected chi connectivity index (χ1v) is 13.0. The van der Waals surface area contributed by atoms with Crippen molar-refractivity contribution in [3.63, 3.8) is 0 Å². The number of fused-ring (bicyclic) bond motifs is 1. The molecule has 10 heteroatoms. The standard InChI is InChI=1S/C24H28N4O4S2/c1-5-31-23(30)21-16-7-6-8-18(16)34-22(21)25-20(29)13-33-24-27-26-19(28(24)4)12-32-17-11-14(2)9-10-15(17)3/h9-11H,5-8,12-13H2,1-4H3,(H,25,29). The van der Waals surface area contributed by atoms with Crippen molar-refractivity contribution in [3.8, 4) is 5.75 Å². The maximum Gasteiger partial charge on any atom is 0.341 e. The fourth-order valence-electron chi connectivity index (χ4n) is 3.81. The molecule has 2 heterocycles. The summed E-state index contributed by atoms with van der Waals surface area (Å²) < 4.78 is 13.0. The summed E-state index contributed by atoms with van der Waals surface area (Å²) in [6, 6.07) is 6.07. The summed E-state index contributed by atoms with van der Waals surface area (Å²) in [6.07, 6.45) is 2.80. The minimum Gasteiger partial charge on any atom is -0.485 e. The van der Waals surface area contributed by atoms with Gasteiger partial charge in [0.1, 0.15) is 17.4 Å². The van der Waals surface area contributed by atoms with Gasteiger partial charge in [-0.15, -0.1) is 21.5 Å². The normalized spacial score (nSPS) is 12.5. The van der Waals surface area contributed by atoms with Crippen LogP contribution in [-0.4, -0.2) is 39.0 Å². The maximum absolute atomic E-state index is 12.7. The first-order chi connectivity index (χ1) is 16.4. The highest BCUT2D eigenvalue weighted by Gasteiger charge is 2.28. The molecule has 1 aliphatic rings. The van der Waals surface area contributed by atoms with Crippen LogP contribution >= 0.6 is 23.1 Å². The number of ether oxygens (including phenoxy) is 2. The average molecular weight is 501 g/mol. The van der Waals surface area contributed by atoms with Gasteiger partial charge >= 0.3 is 5.97 Å². The van der Waals surface area contributed by atoms with Gasteiger partial charge in [-0.25, -0.2) is 4.79 Å². The van der Waals surface area contributed by atoms with E-state index in [1.807, 2.05) is 43.7 Å². The van der Waals surface area contributed by atoms with Crippen LogP contribution in [0.2, 0.25) is 0 Å². The molecule has 0 aliphatic heterocycles. The summed E-state index contributed by atoms with van der Waals surface area (Å²) in [5.41, 5.74) is 3.72. The maximum atomic E-state index is 12.7. The largest absolute Gasteiger partial charge is 0.485 e. The van der Waals surface area contributed by atoms with E-state index in [4.69, 9.17) is 9.47 Å². The van der Waals surface area contributed by atoms with Crippen molar-refractivity contribution in [1.29, 1.82) is 0 Å². The van der Waals surface area contributed by atoms with E-state index in [1.54, 1.807) is 6.92 Å². The van der Waals surface area contributed by atoms with E-state index in [1.165, 1.54) is 23.1 Å². The van der Waals surface area contributed by atoms with E-state index in [0.29, 0.717) is 28.2 Å². The highest BCUT2D eigenvalue weighted by molar-refractivity contribution is 7.99. The first-order valence-electron chi connectivity index (χ1n) is 11.2. The van der Waals surface area contributed by atoms with Gasteiger partial charge < -0.3 is 19.4 Å². The van der Waals surface area contributed by atoms with E-state index in [-0.39, 0.29) is 24.2 Å². The predicted octanol–water partition coefficient (Wildman–Crippen LogP) is 4.47. The SMILES string of the molecule is CCOC(=O)c1c(NC(=O)CSc2nnc(COc3cc(C)ccc3C)n2C)sc2c1CCC2. The molecular formula is C24H28N4O4S2. The molecule has 0 atom stereocenters. The summed E-state index contributed by atoms with van der Waals surface area (Å²) in [5, 5.41) is 12.5. The Morgan fingerprint density at radius 1 is 1.24 bits per heavy atom. The molecule has 8 nitrogen and oxygen atoms in total. The molecule has 2 aromatic heterocycles. The third-order valence-corrected chi connectivity index (χ3v) is 7.84. The number of carbonyl (C=O) groups is 2. The second-order valence-electron chi connectivity index (χ2n) is 8.13. The molecule has 4 rings (SSSR count). The van der Waals surface area contributed by atoms with Gasteiger partial charge in [-0.2, -0.15) is 0 Å². The summed E-state index contributed by atoms with van der Waals surface area (Å²) in [6.45, 7) is 6.38. The quantitative estimate of drug-likeness (QED) is 0.342. The van der Waals surface area contributed by atoms with Crippen LogP contribution in [0.25, 0.3) is 0 Å². The van der Waals surface area contributed by atoms with Crippen molar-refractivity contribution in [2.75, 3.05) is 17.7 Å². The smallest absolute Gasteiger partial charge is 0.341 e. The third-order valence-electron chi connectivity index (χ3n) is 5.61. The summed E-state index contributed by atoms with van der Waals surface area (Å²) in [5.74, 6) is 1.06. The van der Waals surface area contributed by atoms with Gasteiger partial charge in [-0.3, -0.25) is 4.79 Å². The Bertz CT molecular complexity index is 1220. The molecule has 1 N–H and O–H groups in total. The molecule has 0 spiro atoms. The third kappa shape index (κ3) is 5.28. The molecule has 0 fully saturated rings. The van der Waals surface area contributed by atoms with Crippen LogP contribution in [-0.2, 0) is 36.0 Å². The van der Waals surface area contributed by atoms with Gasteiger partial charge in [0.2, 0.25) is 5.91 Å². The van der Waals surface area contributed by atoms with Crippen LogP contribution < -0.4 is 10.1 Å². The molecule has 1 aromatic carbocycles. The van der Waals surface area contributed by atoms with Crippen LogP contribution in [0, 0.1) is 13.8 Å². The van der Waals surface area contributed by atoms with Gasteiger partial charge in [0.05, 0.1) is 17.9 Å². The number of hydrogen-bond acceptors (Lipinski definition) is 8. The van der Waals surface area contributed by atoms with E-state index in [9.17, 15) is 9.59 Å². The number of nitrogens with zero attached hydrogens (tertiary/aromatic N) is 3. The van der Waals surface area contributed by atoms with E-state index in [0.717, 1.165) is 46.6 Å². The van der Waals surface area contributed by atoms with Gasteiger partial charge in [0.25, 0.3) is 0 Å². The fourth-order valence-corrected chi connectivity index (χ4v) is 5.83. The molecule has 0 unspecified atom stereocenters. The van der Waals surface area contributed by atoms with Crippen molar-refractivity contribution in [2.24, 2.45) is 7.05 Å². The molecule has 1 amide bonds. The molecule has 3 aromatic rings. The van der Waals surface area contributed by atoms with Crippen molar-refractivity contribution in [3.05, 3.63) is 51.2 Å². The molecule has 0 saturated heterocycles. The number of amides is 1. The van der Waals surface area contributed by atoms with E-state index < -0.39 is 0 Å². The number of thiophene rings is 1. The van der Waals surface area contributed by atoms with Gasteiger partial charge in [0, 0.05) is 11.9 Å². The minimum atomic E-state index is -0.369. The van der Waals surface area contributed by atoms with Crippen LogP contribution in [0.4, 0.5) is 5.00 Å². The monoisotopic (exact) mass is 500 g/mol. The lowest BCUT2D eigenvalue weighted by molar-refractivity contribution is -0.113. The van der Waals surface area contributed by atoms with Crippen LogP contribution in [0.5, 0.6) is 5.75 Å². The lowest BCUT2D eigenvalue weighted by Crippen LogP contribution is -2.17. The number of esters is 1.